The third kappa shape index (κ3) is 8.59. The second-order valence-electron chi connectivity index (χ2n) is 9.19. The maximum Gasteiger partial charge on any atom is 0.317 e. The molecule has 6 unspecified atom stereocenters. The van der Waals surface area contributed by atoms with Gasteiger partial charge >= 0.3 is 17.9 Å². The van der Waals surface area contributed by atoms with Gasteiger partial charge in [0.15, 0.2) is 6.29 Å². The molecule has 0 bridgehead atoms. The largest absolute Gasteiger partial charge is 0.481 e. The maximum atomic E-state index is 11.5. The Morgan fingerprint density at radius 1 is 0.788 bits per heavy atom. The van der Waals surface area contributed by atoms with Crippen molar-refractivity contribution in [3.8, 4) is 0 Å². The van der Waals surface area contributed by atoms with Crippen molar-refractivity contribution in [2.24, 2.45) is 11.8 Å². The van der Waals surface area contributed by atoms with Crippen molar-refractivity contribution in [1.82, 2.24) is 9.80 Å². The van der Waals surface area contributed by atoms with Crippen molar-refractivity contribution in [3.05, 3.63) is 0 Å². The van der Waals surface area contributed by atoms with Gasteiger partial charge in [0.2, 0.25) is 0 Å². The molecule has 0 aliphatic heterocycles. The minimum atomic E-state index is -1.41. The molecule has 0 spiro atoms. The molecule has 2 rings (SSSR count). The molecule has 0 saturated heterocycles. The first-order valence-corrected chi connectivity index (χ1v) is 12.4. The number of hydrogen-bond acceptors (Lipinski definition) is 9. The molecule has 12 heteroatoms. The molecule has 190 valence electrons. The first-order valence-electron chi connectivity index (χ1n) is 11.4. The van der Waals surface area contributed by atoms with Gasteiger partial charge in [-0.15, -0.1) is 0 Å². The minimum Gasteiger partial charge on any atom is -0.481 e. The minimum absolute atomic E-state index is 0.129. The van der Waals surface area contributed by atoms with Crippen molar-refractivity contribution in [2.75, 3.05) is 26.2 Å². The van der Waals surface area contributed by atoms with E-state index in [0.29, 0.717) is 58.0 Å². The maximum absolute atomic E-state index is 11.5. The molecule has 0 radical (unpaired) electrons. The van der Waals surface area contributed by atoms with Gasteiger partial charge in [-0.25, -0.2) is 0 Å². The Hall–Kier alpha value is -1.05. The van der Waals surface area contributed by atoms with Gasteiger partial charge in [0.25, 0.3) is 0 Å². The van der Waals surface area contributed by atoms with E-state index in [4.69, 9.17) is 0 Å². The van der Waals surface area contributed by atoms with E-state index in [-0.39, 0.29) is 41.6 Å². The van der Waals surface area contributed by atoms with Crippen LogP contribution in [0, 0.1) is 11.8 Å². The lowest BCUT2D eigenvalue weighted by molar-refractivity contribution is -0.144. The molecule has 2 fully saturated rings. The molecule has 0 aromatic carbocycles. The summed E-state index contributed by atoms with van der Waals surface area (Å²) in [6.07, 6.45) is 2.15. The van der Waals surface area contributed by atoms with Crippen molar-refractivity contribution in [1.29, 1.82) is 0 Å². The van der Waals surface area contributed by atoms with Crippen LogP contribution in [0.5, 0.6) is 0 Å². The topological polar surface area (TPSA) is 159 Å². The van der Waals surface area contributed by atoms with Crippen LogP contribution in [0.25, 0.3) is 0 Å². The van der Waals surface area contributed by atoms with Crippen LogP contribution < -0.4 is 0 Å². The summed E-state index contributed by atoms with van der Waals surface area (Å²) in [4.78, 5) is 37.8. The lowest BCUT2D eigenvalue weighted by atomic mass is 9.84. The summed E-state index contributed by atoms with van der Waals surface area (Å²) in [6, 6.07) is -0.289. The zero-order chi connectivity index (χ0) is 24.7. The van der Waals surface area contributed by atoms with Crippen LogP contribution in [0.2, 0.25) is 0 Å². The van der Waals surface area contributed by atoms with Gasteiger partial charge < -0.3 is 25.5 Å². The number of carboxylic acids is 3. The molecule has 10 nitrogen and oxygen atoms in total. The predicted octanol–water partition coefficient (Wildman–Crippen LogP) is 0.479. The molecule has 0 aromatic rings. The monoisotopic (exact) mass is 508 g/mol. The molecule has 5 N–H and O–H groups in total. The zero-order valence-corrected chi connectivity index (χ0v) is 20.4. The fourth-order valence-electron chi connectivity index (χ4n) is 5.19. The summed E-state index contributed by atoms with van der Waals surface area (Å²) < 4.78 is 0. The molecular formula is C21H36N2O8S2. The van der Waals surface area contributed by atoms with E-state index in [1.54, 1.807) is 0 Å². The average Bonchev–Trinajstić information content (AvgIpc) is 2.71. The number of nitrogens with zero attached hydrogens (tertiary/aromatic N) is 2. The highest BCUT2D eigenvalue weighted by Gasteiger charge is 2.37. The molecule has 2 saturated carbocycles. The predicted molar refractivity (Wildman–Crippen MR) is 127 cm³/mol. The van der Waals surface area contributed by atoms with E-state index >= 15 is 0 Å². The van der Waals surface area contributed by atoms with Gasteiger partial charge in [-0.05, 0) is 44.9 Å². The Kier molecular flexibility index (Phi) is 11.2. The highest BCUT2D eigenvalue weighted by Crippen LogP contribution is 2.34. The number of carbonyl (C=O) groups is 3. The summed E-state index contributed by atoms with van der Waals surface area (Å²) >= 11 is 9.16. The first-order chi connectivity index (χ1) is 15.5. The second-order valence-corrected chi connectivity index (χ2v) is 10.5. The number of aliphatic carboxylic acids is 3. The Morgan fingerprint density at radius 3 is 1.67 bits per heavy atom. The van der Waals surface area contributed by atoms with Gasteiger partial charge in [0.05, 0.1) is 19.0 Å². The van der Waals surface area contributed by atoms with Crippen LogP contribution in [0.4, 0.5) is 0 Å². The number of aliphatic hydroxyl groups is 2. The highest BCUT2D eigenvalue weighted by molar-refractivity contribution is 7.81. The number of aliphatic hydroxyl groups excluding tert-OH is 1. The fraction of sp³-hybridized carbons (Fsp3) is 0.857. The Labute approximate surface area is 204 Å². The molecule has 0 aromatic heterocycles. The standard InChI is InChI=1S/C21H36N2O8S2/c24-18(25)10-22(14-4-2-12(20(28)29)8-16(14)32)6-1-7-23(11-19(26)27)15-5-3-13(21(30)31)9-17(15)33/h12-17,20,28-29,32-33H,1-11H2,(H,24,25)(H,26,27)(H,30,31). The SMILES string of the molecule is O=C(O)CN(CCCN(CC(=O)O)C1CCC(C(O)O)CC1S)C1CCC(C(=O)O)CC1S. The summed E-state index contributed by atoms with van der Waals surface area (Å²) in [5.74, 6) is -3.55. The van der Waals surface area contributed by atoms with E-state index in [2.05, 4.69) is 25.3 Å². The number of carboxylic acid groups (broad SMARTS) is 3. The third-order valence-corrected chi connectivity index (χ3v) is 7.99. The lowest BCUT2D eigenvalue weighted by Gasteiger charge is -2.41. The Bertz CT molecular complexity index is 683. The van der Waals surface area contributed by atoms with Gasteiger partial charge in [0, 0.05) is 41.6 Å². The molecular weight excluding hydrogens is 472 g/mol. The van der Waals surface area contributed by atoms with Crippen LogP contribution in [0.3, 0.4) is 0 Å². The molecule has 2 aliphatic carbocycles. The third-order valence-electron chi connectivity index (χ3n) is 6.88. The van der Waals surface area contributed by atoms with Crippen molar-refractivity contribution in [3.63, 3.8) is 0 Å². The average molecular weight is 509 g/mol. The first kappa shape index (κ1) is 28.2. The van der Waals surface area contributed by atoms with Crippen molar-refractivity contribution < 1.29 is 39.9 Å². The van der Waals surface area contributed by atoms with Crippen LogP contribution in [0.15, 0.2) is 0 Å². The molecule has 6 atom stereocenters. The van der Waals surface area contributed by atoms with Crippen LogP contribution in [0.1, 0.15) is 44.9 Å². The van der Waals surface area contributed by atoms with E-state index in [9.17, 15) is 39.9 Å². The number of rotatable bonds is 12. The molecule has 0 heterocycles. The fourth-order valence-corrected chi connectivity index (χ4v) is 6.39. The molecule has 33 heavy (non-hydrogen) atoms. The van der Waals surface area contributed by atoms with Crippen molar-refractivity contribution >= 4 is 43.2 Å². The number of thiol groups is 2. The summed E-state index contributed by atoms with van der Waals surface area (Å²) in [5, 5.41) is 46.5. The van der Waals surface area contributed by atoms with Crippen LogP contribution in [-0.4, -0.2) is 108 Å². The molecule has 0 amide bonds. The zero-order valence-electron chi connectivity index (χ0n) is 18.6. The lowest BCUT2D eigenvalue weighted by Crippen LogP contribution is -2.50. The van der Waals surface area contributed by atoms with Crippen molar-refractivity contribution in [2.45, 2.75) is 73.8 Å². The normalized spacial score (nSPS) is 30.6. The summed E-state index contributed by atoms with van der Waals surface area (Å²) in [6.45, 7) is 0.487. The number of hydrogen-bond donors (Lipinski definition) is 7. The van der Waals surface area contributed by atoms with Gasteiger partial charge in [-0.1, -0.05) is 0 Å². The molecule has 2 aliphatic rings. The van der Waals surface area contributed by atoms with Crippen LogP contribution in [-0.2, 0) is 14.4 Å². The summed E-state index contributed by atoms with van der Waals surface area (Å²) in [5.41, 5.74) is 0. The highest BCUT2D eigenvalue weighted by atomic mass is 32.1. The summed E-state index contributed by atoms with van der Waals surface area (Å²) in [7, 11) is 0. The Morgan fingerprint density at radius 2 is 1.27 bits per heavy atom. The second kappa shape index (κ2) is 13.1. The van der Waals surface area contributed by atoms with Gasteiger partial charge in [-0.2, -0.15) is 25.3 Å². The smallest absolute Gasteiger partial charge is 0.317 e. The quantitative estimate of drug-likeness (QED) is 0.146. The Balaban J connectivity index is 1.99. The van der Waals surface area contributed by atoms with E-state index in [1.165, 1.54) is 0 Å². The van der Waals surface area contributed by atoms with Gasteiger partial charge in [-0.3, -0.25) is 24.2 Å². The van der Waals surface area contributed by atoms with E-state index < -0.39 is 30.1 Å². The van der Waals surface area contributed by atoms with E-state index in [0.717, 1.165) is 0 Å². The van der Waals surface area contributed by atoms with Gasteiger partial charge in [0.1, 0.15) is 0 Å². The van der Waals surface area contributed by atoms with E-state index in [1.807, 2.05) is 9.80 Å². The van der Waals surface area contributed by atoms with Crippen LogP contribution >= 0.6 is 25.3 Å².